The summed E-state index contributed by atoms with van der Waals surface area (Å²) < 4.78 is 0. The molecular formula is C24H33N3O3. The van der Waals surface area contributed by atoms with Gasteiger partial charge in [0.15, 0.2) is 0 Å². The maximum atomic E-state index is 12.6. The summed E-state index contributed by atoms with van der Waals surface area (Å²) in [7, 11) is 0. The first-order valence-corrected chi connectivity index (χ1v) is 11.1. The highest BCUT2D eigenvalue weighted by Gasteiger charge is 2.16. The van der Waals surface area contributed by atoms with Crippen molar-refractivity contribution in [1.82, 2.24) is 5.32 Å². The van der Waals surface area contributed by atoms with E-state index in [0.29, 0.717) is 11.3 Å². The van der Waals surface area contributed by atoms with E-state index in [1.807, 2.05) is 6.07 Å². The average molecular weight is 412 g/mol. The lowest BCUT2D eigenvalue weighted by molar-refractivity contribution is -0.136. The molecule has 1 aromatic carbocycles. The number of hydrogen-bond acceptors (Lipinski definition) is 4. The quantitative estimate of drug-likeness (QED) is 0.455. The van der Waals surface area contributed by atoms with Crippen LogP contribution in [0.1, 0.15) is 76.2 Å². The minimum atomic E-state index is -0.884. The zero-order chi connectivity index (χ0) is 21.6. The molecule has 1 aliphatic carbocycles. The Morgan fingerprint density at radius 2 is 1.50 bits per heavy atom. The van der Waals surface area contributed by atoms with Crippen LogP contribution in [0.2, 0.25) is 0 Å². The van der Waals surface area contributed by atoms with Crippen molar-refractivity contribution in [3.8, 4) is 6.07 Å². The molecule has 1 amide bonds. The van der Waals surface area contributed by atoms with E-state index in [1.165, 1.54) is 51.1 Å². The molecule has 3 N–H and O–H groups in total. The number of carboxylic acids is 1. The second-order valence-electron chi connectivity index (χ2n) is 8.01. The van der Waals surface area contributed by atoms with Crippen molar-refractivity contribution in [3.63, 3.8) is 0 Å². The lowest BCUT2D eigenvalue weighted by atomic mass is 9.98. The van der Waals surface area contributed by atoms with Gasteiger partial charge in [0.25, 0.3) is 5.91 Å². The third-order valence-corrected chi connectivity index (χ3v) is 5.50. The number of carbonyl (C=O) groups excluding carboxylic acids is 1. The number of aliphatic carboxylic acids is 1. The van der Waals surface area contributed by atoms with Crippen LogP contribution in [-0.2, 0) is 16.0 Å². The summed E-state index contributed by atoms with van der Waals surface area (Å²) >= 11 is 0. The van der Waals surface area contributed by atoms with Crippen molar-refractivity contribution in [2.45, 2.75) is 83.1 Å². The Bertz CT molecular complexity index is 738. The van der Waals surface area contributed by atoms with Crippen molar-refractivity contribution in [3.05, 3.63) is 41.6 Å². The molecule has 30 heavy (non-hydrogen) atoms. The highest BCUT2D eigenvalue weighted by molar-refractivity contribution is 5.97. The lowest BCUT2D eigenvalue weighted by Gasteiger charge is -2.19. The van der Waals surface area contributed by atoms with Crippen LogP contribution in [0, 0.1) is 11.3 Å². The van der Waals surface area contributed by atoms with Gasteiger partial charge in [-0.25, -0.2) is 0 Å². The molecule has 0 heterocycles. The predicted molar refractivity (Wildman–Crippen MR) is 118 cm³/mol. The summed E-state index contributed by atoms with van der Waals surface area (Å²) in [6.07, 6.45) is 14.4. The molecule has 0 atom stereocenters. The summed E-state index contributed by atoms with van der Waals surface area (Å²) in [6, 6.07) is 8.97. The topological polar surface area (TPSA) is 102 Å². The van der Waals surface area contributed by atoms with E-state index in [4.69, 9.17) is 5.11 Å². The van der Waals surface area contributed by atoms with Crippen LogP contribution in [0.3, 0.4) is 0 Å². The van der Waals surface area contributed by atoms with Gasteiger partial charge >= 0.3 is 5.97 Å². The number of rotatable bonds is 6. The first kappa shape index (κ1) is 23.5. The van der Waals surface area contributed by atoms with Crippen LogP contribution in [0.4, 0.5) is 5.69 Å². The maximum Gasteiger partial charge on any atom is 0.307 e. The fourth-order valence-corrected chi connectivity index (χ4v) is 3.77. The Kier molecular flexibility index (Phi) is 10.5. The summed E-state index contributed by atoms with van der Waals surface area (Å²) in [5, 5.41) is 24.2. The van der Waals surface area contributed by atoms with Crippen LogP contribution in [0.5, 0.6) is 0 Å². The Morgan fingerprint density at radius 1 is 0.967 bits per heavy atom. The fourth-order valence-electron chi connectivity index (χ4n) is 3.77. The normalized spacial score (nSPS) is 17.1. The van der Waals surface area contributed by atoms with Crippen molar-refractivity contribution in [2.75, 3.05) is 5.32 Å². The number of nitrogens with one attached hydrogen (secondary N) is 2. The molecule has 0 radical (unpaired) electrons. The summed E-state index contributed by atoms with van der Waals surface area (Å²) in [5.74, 6) is -1.23. The number of nitriles is 1. The molecule has 0 unspecified atom stereocenters. The van der Waals surface area contributed by atoms with E-state index < -0.39 is 5.97 Å². The first-order chi connectivity index (χ1) is 14.6. The standard InChI is InChI=1S/C24H33N3O3/c25-17-20(18-26-21-14-12-19(13-15-21)16-23(28)29)24(30)27-22-10-8-6-4-2-1-3-5-7-9-11-22/h12-15,18,22,26H,1-11,16H2,(H,27,30)(H,28,29)/b20-18-. The SMILES string of the molecule is N#C/C(=C/Nc1ccc(CC(=O)O)cc1)C(=O)NC1CCCCCCCCCCC1. The Morgan fingerprint density at radius 3 is 2.00 bits per heavy atom. The second-order valence-corrected chi connectivity index (χ2v) is 8.01. The number of amides is 1. The van der Waals surface area contributed by atoms with Gasteiger partial charge < -0.3 is 15.7 Å². The van der Waals surface area contributed by atoms with Gasteiger partial charge in [0.05, 0.1) is 6.42 Å². The third kappa shape index (κ3) is 9.13. The number of anilines is 1. The predicted octanol–water partition coefficient (Wildman–Crippen LogP) is 4.92. The smallest absolute Gasteiger partial charge is 0.307 e. The van der Waals surface area contributed by atoms with Crippen LogP contribution in [0.25, 0.3) is 0 Å². The molecule has 0 bridgehead atoms. The lowest BCUT2D eigenvalue weighted by Crippen LogP contribution is -2.35. The molecule has 0 spiro atoms. The van der Waals surface area contributed by atoms with Gasteiger partial charge in [-0.2, -0.15) is 5.26 Å². The van der Waals surface area contributed by atoms with Crippen molar-refractivity contribution in [1.29, 1.82) is 5.26 Å². The molecule has 6 nitrogen and oxygen atoms in total. The zero-order valence-electron chi connectivity index (χ0n) is 17.7. The van der Waals surface area contributed by atoms with E-state index >= 15 is 0 Å². The van der Waals surface area contributed by atoms with Crippen LogP contribution in [0.15, 0.2) is 36.0 Å². The second kappa shape index (κ2) is 13.4. The Labute approximate surface area is 179 Å². The highest BCUT2D eigenvalue weighted by atomic mass is 16.4. The third-order valence-electron chi connectivity index (χ3n) is 5.50. The first-order valence-electron chi connectivity index (χ1n) is 11.1. The van der Waals surface area contributed by atoms with Crippen LogP contribution in [-0.4, -0.2) is 23.0 Å². The Hall–Kier alpha value is -2.81. The van der Waals surface area contributed by atoms with Crippen LogP contribution < -0.4 is 10.6 Å². The molecule has 1 aliphatic rings. The number of carbonyl (C=O) groups is 2. The Balaban J connectivity index is 1.91. The van der Waals surface area contributed by atoms with E-state index in [0.717, 1.165) is 25.7 Å². The monoisotopic (exact) mass is 411 g/mol. The average Bonchev–Trinajstić information content (AvgIpc) is 2.71. The van der Waals surface area contributed by atoms with Gasteiger partial charge in [-0.15, -0.1) is 0 Å². The van der Waals surface area contributed by atoms with Crippen LogP contribution >= 0.6 is 0 Å². The van der Waals surface area contributed by atoms with Crippen molar-refractivity contribution >= 4 is 17.6 Å². The number of hydrogen-bond donors (Lipinski definition) is 3. The summed E-state index contributed by atoms with van der Waals surface area (Å²) in [4.78, 5) is 23.4. The molecule has 2 rings (SSSR count). The number of nitrogens with zero attached hydrogens (tertiary/aromatic N) is 1. The minimum Gasteiger partial charge on any atom is -0.481 e. The van der Waals surface area contributed by atoms with Crippen molar-refractivity contribution < 1.29 is 14.7 Å². The van der Waals surface area contributed by atoms with Gasteiger partial charge in [0.1, 0.15) is 11.6 Å². The van der Waals surface area contributed by atoms with E-state index in [9.17, 15) is 14.9 Å². The summed E-state index contributed by atoms with van der Waals surface area (Å²) in [5.41, 5.74) is 1.42. The largest absolute Gasteiger partial charge is 0.481 e. The fraction of sp³-hybridized carbons (Fsp3) is 0.542. The molecule has 0 aromatic heterocycles. The molecule has 0 saturated heterocycles. The molecule has 1 aromatic rings. The minimum absolute atomic E-state index is 0.0377. The maximum absolute atomic E-state index is 12.6. The van der Waals surface area contributed by atoms with Gasteiger partial charge in [0.2, 0.25) is 0 Å². The molecule has 1 fully saturated rings. The van der Waals surface area contributed by atoms with E-state index in [-0.39, 0.29) is 23.9 Å². The summed E-state index contributed by atoms with van der Waals surface area (Å²) in [6.45, 7) is 0. The van der Waals surface area contributed by atoms with Gasteiger partial charge in [-0.05, 0) is 30.5 Å². The van der Waals surface area contributed by atoms with Crippen molar-refractivity contribution in [2.24, 2.45) is 0 Å². The molecule has 0 aliphatic heterocycles. The highest BCUT2D eigenvalue weighted by Crippen LogP contribution is 2.17. The molecule has 162 valence electrons. The van der Waals surface area contributed by atoms with Gasteiger partial charge in [0, 0.05) is 17.9 Å². The van der Waals surface area contributed by atoms with E-state index in [2.05, 4.69) is 10.6 Å². The van der Waals surface area contributed by atoms with Gasteiger partial charge in [-0.1, -0.05) is 69.9 Å². The zero-order valence-corrected chi connectivity index (χ0v) is 17.7. The molecular weight excluding hydrogens is 378 g/mol. The molecule has 1 saturated carbocycles. The number of carboxylic acid groups (broad SMARTS) is 1. The van der Waals surface area contributed by atoms with Gasteiger partial charge in [-0.3, -0.25) is 9.59 Å². The van der Waals surface area contributed by atoms with E-state index in [1.54, 1.807) is 24.3 Å². The number of benzene rings is 1. The molecule has 6 heteroatoms.